The molecule has 0 radical (unpaired) electrons. The number of aromatic nitrogens is 4. The molecule has 3 aromatic carbocycles. The third-order valence-corrected chi connectivity index (χ3v) is 15.3. The number of ether oxygens (including phenoxy) is 7. The molecular formula is C51H54Cl2FN7O9S. The summed E-state index contributed by atoms with van der Waals surface area (Å²) in [5.74, 6) is 0.505. The number of rotatable bonds is 12. The minimum absolute atomic E-state index is 0.0287. The highest BCUT2D eigenvalue weighted by Crippen LogP contribution is 2.53. The maximum absolute atomic E-state index is 14.4. The molecule has 6 aromatic rings. The van der Waals surface area contributed by atoms with E-state index in [9.17, 15) is 14.3 Å². The maximum Gasteiger partial charge on any atom is 0.345 e. The van der Waals surface area contributed by atoms with Crippen LogP contribution in [0.5, 0.6) is 23.1 Å². The van der Waals surface area contributed by atoms with E-state index in [1.54, 1.807) is 42.6 Å². The molecule has 20 heteroatoms. The summed E-state index contributed by atoms with van der Waals surface area (Å²) in [5.41, 5.74) is 4.41. The fourth-order valence-electron chi connectivity index (χ4n) is 9.32. The van der Waals surface area contributed by atoms with E-state index in [2.05, 4.69) is 36.7 Å². The van der Waals surface area contributed by atoms with Crippen molar-refractivity contribution < 1.29 is 47.4 Å². The second-order valence-electron chi connectivity index (χ2n) is 18.3. The Morgan fingerprint density at radius 3 is 2.45 bits per heavy atom. The van der Waals surface area contributed by atoms with Crippen molar-refractivity contribution in [2.75, 3.05) is 97.4 Å². The normalized spacial score (nSPS) is 20.2. The molecule has 1 N–H and O–H groups in total. The van der Waals surface area contributed by atoms with Crippen LogP contribution in [0.4, 0.5) is 10.3 Å². The van der Waals surface area contributed by atoms with Crippen LogP contribution in [0, 0.1) is 25.6 Å². The van der Waals surface area contributed by atoms with Crippen LogP contribution in [-0.2, 0) is 32.0 Å². The molecule has 0 aliphatic carbocycles. The molecule has 3 atom stereocenters. The summed E-state index contributed by atoms with van der Waals surface area (Å²) in [6.45, 7) is 12.3. The Kier molecular flexibility index (Phi) is 15.0. The molecule has 0 amide bonds. The molecule has 8 heterocycles. The van der Waals surface area contributed by atoms with Crippen LogP contribution in [0.1, 0.15) is 22.4 Å². The molecule has 3 saturated heterocycles. The van der Waals surface area contributed by atoms with Crippen molar-refractivity contribution in [1.29, 1.82) is 0 Å². The quantitative estimate of drug-likeness (QED) is 0.126. The first-order valence-electron chi connectivity index (χ1n) is 23.7. The maximum atomic E-state index is 14.4. The molecule has 4 bridgehead atoms. The minimum Gasteiger partial charge on any atom is -0.490 e. The van der Waals surface area contributed by atoms with Gasteiger partial charge in [-0.05, 0) is 79.5 Å². The number of carbonyl (C=O) groups is 1. The summed E-state index contributed by atoms with van der Waals surface area (Å²) in [6, 6.07) is 13.2. The fraction of sp³-hybridized carbons (Fsp3) is 0.431. The first kappa shape index (κ1) is 49.2. The largest absolute Gasteiger partial charge is 0.490 e. The van der Waals surface area contributed by atoms with Gasteiger partial charge in [-0.2, -0.15) is 0 Å². The Morgan fingerprint density at radius 1 is 0.915 bits per heavy atom. The number of benzene rings is 3. The van der Waals surface area contributed by atoms with Gasteiger partial charge in [-0.3, -0.25) is 4.90 Å². The van der Waals surface area contributed by atoms with Crippen molar-refractivity contribution in [3.8, 4) is 44.7 Å². The van der Waals surface area contributed by atoms with E-state index >= 15 is 0 Å². The van der Waals surface area contributed by atoms with Gasteiger partial charge in [0.25, 0.3) is 0 Å². The number of piperazine rings is 1. The lowest BCUT2D eigenvalue weighted by Gasteiger charge is -2.39. The van der Waals surface area contributed by atoms with Crippen molar-refractivity contribution in [2.45, 2.75) is 45.2 Å². The monoisotopic (exact) mass is 1030 g/mol. The molecule has 3 fully saturated rings. The molecule has 5 aliphatic rings. The lowest BCUT2D eigenvalue weighted by Crippen LogP contribution is -2.50. The van der Waals surface area contributed by atoms with Gasteiger partial charge in [-0.15, -0.1) is 11.3 Å². The Balaban J connectivity index is 0.981. The van der Waals surface area contributed by atoms with Gasteiger partial charge in [0, 0.05) is 80.4 Å². The zero-order valence-electron chi connectivity index (χ0n) is 39.6. The molecule has 5 aliphatic heterocycles. The highest BCUT2D eigenvalue weighted by molar-refractivity contribution is 7.22. The van der Waals surface area contributed by atoms with Crippen LogP contribution >= 0.6 is 34.5 Å². The van der Waals surface area contributed by atoms with Crippen LogP contribution in [0.3, 0.4) is 0 Å². The molecule has 11 rings (SSSR count). The fourth-order valence-corrected chi connectivity index (χ4v) is 11.0. The first-order valence-corrected chi connectivity index (χ1v) is 25.2. The third-order valence-electron chi connectivity index (χ3n) is 13.2. The molecule has 0 spiro atoms. The van der Waals surface area contributed by atoms with E-state index in [0.29, 0.717) is 133 Å². The van der Waals surface area contributed by atoms with E-state index in [4.69, 9.17) is 61.3 Å². The molecule has 71 heavy (non-hydrogen) atoms. The molecule has 374 valence electrons. The Labute approximate surface area is 424 Å². The smallest absolute Gasteiger partial charge is 0.345 e. The Morgan fingerprint density at radius 2 is 1.70 bits per heavy atom. The van der Waals surface area contributed by atoms with E-state index in [1.165, 1.54) is 29.8 Å². The van der Waals surface area contributed by atoms with Crippen molar-refractivity contribution in [3.63, 3.8) is 0 Å². The summed E-state index contributed by atoms with van der Waals surface area (Å²) < 4.78 is 57.9. The van der Waals surface area contributed by atoms with E-state index < -0.39 is 24.0 Å². The predicted molar refractivity (Wildman–Crippen MR) is 267 cm³/mol. The third kappa shape index (κ3) is 11.0. The summed E-state index contributed by atoms with van der Waals surface area (Å²) >= 11 is 16.0. The lowest BCUT2D eigenvalue weighted by atomic mass is 9.92. The first-order chi connectivity index (χ1) is 34.4. The number of thiophene rings is 1. The van der Waals surface area contributed by atoms with Gasteiger partial charge in [-0.25, -0.2) is 29.1 Å². The lowest BCUT2D eigenvalue weighted by molar-refractivity contribution is -0.145. The number of aliphatic carboxylic acids is 1. The SMILES string of the molecule is Cc1c(Cl)c2c(Cl)c(C)c1-c1c(-c3ccc(F)cc3)sc3ncnc(c13)O[C@@H](C(=O)O)Cc1cc(ccc1OCc1ccnc(N3CC(COC[C@H]4COCCO4)C3)n1)OC[C@@H](CN1CCN(C)CC1)O2. The highest BCUT2D eigenvalue weighted by Gasteiger charge is 2.33. The Hall–Kier alpha value is -5.44. The average molecular weight is 1030 g/mol. The summed E-state index contributed by atoms with van der Waals surface area (Å²) in [7, 11) is 2.10. The number of nitrogens with zero attached hydrogens (tertiary/aromatic N) is 7. The van der Waals surface area contributed by atoms with Crippen molar-refractivity contribution in [3.05, 3.63) is 99.3 Å². The number of hydrogen-bond donors (Lipinski definition) is 1. The molecule has 0 unspecified atom stereocenters. The summed E-state index contributed by atoms with van der Waals surface area (Å²) in [6.07, 6.45) is 0.856. The number of likely N-dealkylation sites (N-methyl/N-ethyl adjacent to an activating group) is 1. The van der Waals surface area contributed by atoms with Gasteiger partial charge < -0.3 is 48.1 Å². The van der Waals surface area contributed by atoms with Crippen LogP contribution in [0.2, 0.25) is 10.0 Å². The summed E-state index contributed by atoms with van der Waals surface area (Å²) in [5, 5.41) is 12.0. The summed E-state index contributed by atoms with van der Waals surface area (Å²) in [4.78, 5) is 39.8. The van der Waals surface area contributed by atoms with Crippen LogP contribution in [0.25, 0.3) is 31.8 Å². The van der Waals surface area contributed by atoms with Gasteiger partial charge in [0.2, 0.25) is 17.9 Å². The number of fused-ring (bicyclic) bond motifs is 7. The molecular weight excluding hydrogens is 977 g/mol. The van der Waals surface area contributed by atoms with E-state index in [-0.39, 0.29) is 31.6 Å². The molecule has 0 saturated carbocycles. The average Bonchev–Trinajstić information content (AvgIpc) is 3.75. The highest BCUT2D eigenvalue weighted by atomic mass is 35.5. The van der Waals surface area contributed by atoms with Crippen molar-refractivity contribution >= 4 is 56.7 Å². The Bertz CT molecular complexity index is 2850. The number of carboxylic acids is 1. The van der Waals surface area contributed by atoms with E-state index in [0.717, 1.165) is 39.3 Å². The molecule has 3 aromatic heterocycles. The number of halogens is 3. The predicted octanol–water partition coefficient (Wildman–Crippen LogP) is 7.79. The van der Waals surface area contributed by atoms with Crippen LogP contribution in [0.15, 0.2) is 61.1 Å². The zero-order valence-corrected chi connectivity index (χ0v) is 41.9. The standard InChI is InChI=1S/C51H54Cl2FN7O9S/c1-29-41-30(2)45(53)46(44(29)52)69-37(22-60-14-12-59(3)13-15-60)27-67-36-8-9-39(68-24-35-10-11-55-51(58-35)61-20-31(21-61)23-65-26-38-25-64-16-17-66-38)33(18-36)19-40(50(62)63)70-48-43-42(41)47(71-49(43)57-28-56-48)32-4-6-34(54)7-5-32/h4-11,18,28,31,37-38,40H,12-17,19-27H2,1-3H3,(H,62,63)/t37-,38-,40-/m1/s1. The number of anilines is 1. The number of hydrogen-bond acceptors (Lipinski definition) is 16. The van der Waals surface area contributed by atoms with Gasteiger partial charge >= 0.3 is 5.97 Å². The van der Waals surface area contributed by atoms with Crippen molar-refractivity contribution in [2.24, 2.45) is 5.92 Å². The topological polar surface area (TPSA) is 163 Å². The second-order valence-corrected chi connectivity index (χ2v) is 20.1. The molecule has 16 nitrogen and oxygen atoms in total. The minimum atomic E-state index is -1.47. The van der Waals surface area contributed by atoms with Gasteiger partial charge in [0.15, 0.2) is 5.75 Å². The number of carboxylic acid groups (broad SMARTS) is 1. The van der Waals surface area contributed by atoms with E-state index in [1.807, 2.05) is 13.8 Å². The second kappa shape index (κ2) is 21.7. The van der Waals surface area contributed by atoms with Crippen LogP contribution < -0.4 is 23.8 Å². The van der Waals surface area contributed by atoms with Crippen LogP contribution in [-0.4, -0.2) is 152 Å². The van der Waals surface area contributed by atoms with Gasteiger partial charge in [0.05, 0.1) is 54.2 Å². The van der Waals surface area contributed by atoms with Gasteiger partial charge in [0.1, 0.15) is 53.9 Å². The van der Waals surface area contributed by atoms with Crippen molar-refractivity contribution in [1.82, 2.24) is 29.7 Å². The van der Waals surface area contributed by atoms with Gasteiger partial charge in [-0.1, -0.05) is 35.3 Å². The zero-order chi connectivity index (χ0) is 49.2.